The van der Waals surface area contributed by atoms with Crippen LogP contribution >= 0.6 is 0 Å². The molecule has 0 fully saturated rings. The first-order valence-corrected chi connectivity index (χ1v) is 8.49. The molecule has 158 valence electrons. The first-order valence-electron chi connectivity index (χ1n) is 8.49. The zero-order chi connectivity index (χ0) is 21.8. The van der Waals surface area contributed by atoms with Gasteiger partial charge in [0.05, 0.1) is 0 Å². The third kappa shape index (κ3) is 6.21. The van der Waals surface area contributed by atoms with E-state index in [-0.39, 0.29) is 31.0 Å². The van der Waals surface area contributed by atoms with Crippen molar-refractivity contribution in [1.29, 1.82) is 0 Å². The fourth-order valence-electron chi connectivity index (χ4n) is 2.42. The van der Waals surface area contributed by atoms with Crippen LogP contribution in [0.5, 0.6) is 5.75 Å². The Labute approximate surface area is 162 Å². The third-order valence-electron chi connectivity index (χ3n) is 3.92. The Morgan fingerprint density at radius 1 is 1.24 bits per heavy atom. The van der Waals surface area contributed by atoms with Gasteiger partial charge in [-0.15, -0.1) is 13.2 Å². The van der Waals surface area contributed by atoms with E-state index in [1.807, 2.05) is 0 Å². The second-order valence-electron chi connectivity index (χ2n) is 7.07. The number of carbonyl (C=O) groups is 1. The van der Waals surface area contributed by atoms with Gasteiger partial charge in [0.25, 0.3) is 11.5 Å². The molecule has 8 nitrogen and oxygen atoms in total. The number of nitrogens with one attached hydrogen (secondary N) is 2. The highest BCUT2D eigenvalue weighted by Crippen LogP contribution is 2.26. The smallest absolute Gasteiger partial charge is 0.405 e. The molecule has 1 heterocycles. The number of rotatable bonds is 7. The lowest BCUT2D eigenvalue weighted by atomic mass is 9.95. The molecule has 1 aromatic carbocycles. The molecule has 1 aromatic heterocycles. The van der Waals surface area contributed by atoms with E-state index < -0.39 is 34.7 Å². The summed E-state index contributed by atoms with van der Waals surface area (Å²) in [6, 6.07) is 6.15. The van der Waals surface area contributed by atoms with Crippen molar-refractivity contribution in [2.24, 2.45) is 5.41 Å². The van der Waals surface area contributed by atoms with Crippen LogP contribution in [0.25, 0.3) is 0 Å². The van der Waals surface area contributed by atoms with Crippen LogP contribution in [0.15, 0.2) is 39.9 Å². The monoisotopic (exact) mass is 415 g/mol. The highest BCUT2D eigenvalue weighted by Gasteiger charge is 2.32. The number of para-hydroxylation sites is 1. The zero-order valence-corrected chi connectivity index (χ0v) is 15.7. The van der Waals surface area contributed by atoms with Crippen molar-refractivity contribution < 1.29 is 27.8 Å². The average Bonchev–Trinajstić information content (AvgIpc) is 2.62. The van der Waals surface area contributed by atoms with Crippen molar-refractivity contribution in [3.8, 4) is 5.75 Å². The van der Waals surface area contributed by atoms with Gasteiger partial charge >= 0.3 is 12.1 Å². The number of halogens is 3. The summed E-state index contributed by atoms with van der Waals surface area (Å²) in [6.45, 7) is 2.65. The van der Waals surface area contributed by atoms with Crippen molar-refractivity contribution in [2.75, 3.05) is 6.61 Å². The maximum Gasteiger partial charge on any atom is 0.573 e. The molecule has 2 aromatic rings. The molecule has 0 saturated heterocycles. The largest absolute Gasteiger partial charge is 0.573 e. The minimum absolute atomic E-state index is 0.0542. The van der Waals surface area contributed by atoms with Crippen LogP contribution in [-0.2, 0) is 13.1 Å². The average molecular weight is 415 g/mol. The summed E-state index contributed by atoms with van der Waals surface area (Å²) in [5.41, 5.74) is -2.61. The summed E-state index contributed by atoms with van der Waals surface area (Å²) >= 11 is 0. The highest BCUT2D eigenvalue weighted by molar-refractivity contribution is 5.92. The van der Waals surface area contributed by atoms with Gasteiger partial charge in [0.15, 0.2) is 0 Å². The Hall–Kier alpha value is -3.08. The standard InChI is InChI=1S/C18H20F3N3O5/c1-17(2,10-25)9-24-14(26)7-12(23-16(24)28)15(27)22-8-11-5-3-4-6-13(11)29-18(19,20)21/h3-7,25H,8-10H2,1-2H3,(H,22,27)(H,23,28). The van der Waals surface area contributed by atoms with Crippen LogP contribution in [0, 0.1) is 5.41 Å². The number of H-pyrrole nitrogens is 1. The van der Waals surface area contributed by atoms with Gasteiger partial charge in [0, 0.05) is 36.7 Å². The van der Waals surface area contributed by atoms with Crippen LogP contribution in [0.3, 0.4) is 0 Å². The van der Waals surface area contributed by atoms with Crippen LogP contribution in [0.2, 0.25) is 0 Å². The maximum absolute atomic E-state index is 12.5. The molecule has 1 amide bonds. The normalized spacial score (nSPS) is 11.9. The molecular formula is C18H20F3N3O5. The van der Waals surface area contributed by atoms with Gasteiger partial charge in [-0.25, -0.2) is 4.79 Å². The molecule has 0 saturated carbocycles. The minimum atomic E-state index is -4.89. The Morgan fingerprint density at radius 2 is 1.90 bits per heavy atom. The lowest BCUT2D eigenvalue weighted by Gasteiger charge is -2.21. The second-order valence-corrected chi connectivity index (χ2v) is 7.07. The van der Waals surface area contributed by atoms with Gasteiger partial charge in [-0.1, -0.05) is 32.0 Å². The first-order chi connectivity index (χ1) is 13.4. The second kappa shape index (κ2) is 8.52. The first kappa shape index (κ1) is 22.2. The van der Waals surface area contributed by atoms with Crippen LogP contribution in [0.1, 0.15) is 29.9 Å². The lowest BCUT2D eigenvalue weighted by molar-refractivity contribution is -0.274. The number of carbonyl (C=O) groups excluding carboxylic acids is 1. The van der Waals surface area contributed by atoms with Crippen molar-refractivity contribution >= 4 is 5.91 Å². The van der Waals surface area contributed by atoms with E-state index in [0.717, 1.165) is 16.7 Å². The summed E-state index contributed by atoms with van der Waals surface area (Å²) in [6.07, 6.45) is -4.89. The number of nitrogens with zero attached hydrogens (tertiary/aromatic N) is 1. The number of ether oxygens (including phenoxy) is 1. The number of hydrogen-bond donors (Lipinski definition) is 3. The summed E-state index contributed by atoms with van der Waals surface area (Å²) in [5, 5.41) is 11.6. The van der Waals surface area contributed by atoms with Crippen molar-refractivity contribution in [3.05, 3.63) is 62.4 Å². The predicted molar refractivity (Wildman–Crippen MR) is 96.5 cm³/mol. The Bertz CT molecular complexity index is 964. The molecule has 3 N–H and O–H groups in total. The van der Waals surface area contributed by atoms with E-state index in [1.54, 1.807) is 13.8 Å². The maximum atomic E-state index is 12.5. The Kier molecular flexibility index (Phi) is 6.52. The summed E-state index contributed by atoms with van der Waals surface area (Å²) in [5.74, 6) is -1.33. The SMILES string of the molecule is CC(C)(CO)Cn1c(=O)cc(C(=O)NCc2ccccc2OC(F)(F)F)[nH]c1=O. The molecule has 0 radical (unpaired) electrons. The van der Waals surface area contributed by atoms with Crippen LogP contribution in [0.4, 0.5) is 13.2 Å². The molecule has 0 aliphatic heterocycles. The van der Waals surface area contributed by atoms with Gasteiger partial charge in [0.2, 0.25) is 0 Å². The molecule has 0 atom stereocenters. The quantitative estimate of drug-likeness (QED) is 0.633. The lowest BCUT2D eigenvalue weighted by Crippen LogP contribution is -2.42. The van der Waals surface area contributed by atoms with E-state index in [1.165, 1.54) is 18.2 Å². The Morgan fingerprint density at radius 3 is 2.48 bits per heavy atom. The fourth-order valence-corrected chi connectivity index (χ4v) is 2.42. The Balaban J connectivity index is 2.17. The molecular weight excluding hydrogens is 395 g/mol. The molecule has 0 unspecified atom stereocenters. The molecule has 0 aliphatic rings. The number of hydrogen-bond acceptors (Lipinski definition) is 5. The van der Waals surface area contributed by atoms with Crippen LogP contribution < -0.4 is 21.3 Å². The number of aromatic amines is 1. The van der Waals surface area contributed by atoms with E-state index in [0.29, 0.717) is 0 Å². The molecule has 0 aliphatic carbocycles. The molecule has 0 spiro atoms. The highest BCUT2D eigenvalue weighted by atomic mass is 19.4. The molecule has 11 heteroatoms. The minimum Gasteiger partial charge on any atom is -0.405 e. The number of alkyl halides is 3. The van der Waals surface area contributed by atoms with E-state index in [2.05, 4.69) is 15.0 Å². The topological polar surface area (TPSA) is 113 Å². The van der Waals surface area contributed by atoms with Crippen molar-refractivity contribution in [1.82, 2.24) is 14.9 Å². The van der Waals surface area contributed by atoms with Crippen molar-refractivity contribution in [2.45, 2.75) is 33.3 Å². The van der Waals surface area contributed by atoms with Gasteiger partial charge in [0.1, 0.15) is 11.4 Å². The number of aromatic nitrogens is 2. The summed E-state index contributed by atoms with van der Waals surface area (Å²) in [4.78, 5) is 38.8. The molecule has 2 rings (SSSR count). The zero-order valence-electron chi connectivity index (χ0n) is 15.7. The number of benzene rings is 1. The van der Waals surface area contributed by atoms with E-state index in [9.17, 15) is 32.7 Å². The van der Waals surface area contributed by atoms with Crippen LogP contribution in [-0.4, -0.2) is 33.5 Å². The fraction of sp³-hybridized carbons (Fsp3) is 0.389. The van der Waals surface area contributed by atoms with E-state index >= 15 is 0 Å². The van der Waals surface area contributed by atoms with Crippen molar-refractivity contribution in [3.63, 3.8) is 0 Å². The van der Waals surface area contributed by atoms with E-state index in [4.69, 9.17) is 0 Å². The van der Waals surface area contributed by atoms with Gasteiger partial charge in [-0.05, 0) is 6.07 Å². The van der Waals surface area contributed by atoms with Gasteiger partial charge < -0.3 is 20.1 Å². The molecule has 29 heavy (non-hydrogen) atoms. The third-order valence-corrected chi connectivity index (χ3v) is 3.92. The summed E-state index contributed by atoms with van der Waals surface area (Å²) in [7, 11) is 0. The molecule has 0 bridgehead atoms. The summed E-state index contributed by atoms with van der Waals surface area (Å²) < 4.78 is 42.1. The number of aliphatic hydroxyl groups excluding tert-OH is 1. The van der Waals surface area contributed by atoms with Gasteiger partial charge in [-0.2, -0.15) is 0 Å². The van der Waals surface area contributed by atoms with Gasteiger partial charge in [-0.3, -0.25) is 14.2 Å². The number of amides is 1. The number of aliphatic hydroxyl groups is 1. The predicted octanol–water partition coefficient (Wildman–Crippen LogP) is 1.38.